The number of piperazine rings is 1. The molecule has 4 rings (SSSR count). The Kier molecular flexibility index (Phi) is 5.65. The number of nitrogens with zero attached hydrogens (tertiary/aromatic N) is 4. The van der Waals surface area contributed by atoms with Crippen LogP contribution in [-0.2, 0) is 17.8 Å². The smallest absolute Gasteiger partial charge is 0.223 e. The van der Waals surface area contributed by atoms with E-state index in [-0.39, 0.29) is 5.91 Å². The molecule has 0 atom stereocenters. The molecule has 1 aliphatic heterocycles. The molecule has 0 unspecified atom stereocenters. The molecule has 140 valence electrons. The molecule has 6 nitrogen and oxygen atoms in total. The Hall–Kier alpha value is -1.73. The van der Waals surface area contributed by atoms with E-state index in [9.17, 15) is 4.79 Å². The molecule has 3 heterocycles. The second-order valence-corrected chi connectivity index (χ2v) is 8.28. The van der Waals surface area contributed by atoms with Gasteiger partial charge in [-0.25, -0.2) is 0 Å². The first-order chi connectivity index (χ1) is 12.8. The summed E-state index contributed by atoms with van der Waals surface area (Å²) >= 11 is 1.79. The van der Waals surface area contributed by atoms with Crippen molar-refractivity contribution in [1.82, 2.24) is 20.0 Å². The van der Waals surface area contributed by atoms with Gasteiger partial charge in [0.15, 0.2) is 0 Å². The van der Waals surface area contributed by atoms with Gasteiger partial charge in [-0.2, -0.15) is 0 Å². The second-order valence-electron chi connectivity index (χ2n) is 7.25. The van der Waals surface area contributed by atoms with Gasteiger partial charge < -0.3 is 9.32 Å². The van der Waals surface area contributed by atoms with Gasteiger partial charge >= 0.3 is 0 Å². The van der Waals surface area contributed by atoms with Crippen molar-refractivity contribution in [3.05, 3.63) is 34.2 Å². The van der Waals surface area contributed by atoms with Gasteiger partial charge in [0.25, 0.3) is 0 Å². The molecule has 1 amide bonds. The molecule has 1 saturated carbocycles. The number of aryl methyl sites for hydroxylation is 1. The lowest BCUT2D eigenvalue weighted by Gasteiger charge is -2.34. The Labute approximate surface area is 158 Å². The second kappa shape index (κ2) is 8.31. The van der Waals surface area contributed by atoms with Crippen LogP contribution in [0, 0.1) is 0 Å². The Morgan fingerprint density at radius 1 is 1.19 bits per heavy atom. The molecule has 0 N–H and O–H groups in total. The molecular formula is C19H26N4O2S. The van der Waals surface area contributed by atoms with Crippen LogP contribution in [0.25, 0.3) is 0 Å². The zero-order chi connectivity index (χ0) is 17.8. The van der Waals surface area contributed by atoms with Gasteiger partial charge in [-0.3, -0.25) is 9.69 Å². The van der Waals surface area contributed by atoms with Crippen LogP contribution in [0.15, 0.2) is 21.9 Å². The summed E-state index contributed by atoms with van der Waals surface area (Å²) in [7, 11) is 0. The summed E-state index contributed by atoms with van der Waals surface area (Å²) in [4.78, 5) is 18.3. The van der Waals surface area contributed by atoms with E-state index >= 15 is 0 Å². The quantitative estimate of drug-likeness (QED) is 0.778. The zero-order valence-electron chi connectivity index (χ0n) is 15.1. The van der Waals surface area contributed by atoms with Crippen LogP contribution < -0.4 is 0 Å². The van der Waals surface area contributed by atoms with Crippen molar-refractivity contribution < 1.29 is 9.21 Å². The minimum atomic E-state index is 0.196. The van der Waals surface area contributed by atoms with Gasteiger partial charge in [-0.05, 0) is 24.3 Å². The van der Waals surface area contributed by atoms with Crippen molar-refractivity contribution >= 4 is 17.2 Å². The number of amides is 1. The standard InChI is InChI=1S/C19H26N4O2S/c24-18(8-7-17-20-21-19(25-17)15-4-1-2-5-15)23-11-9-22(10-12-23)14-16-6-3-13-26-16/h3,6,13,15H,1-2,4-5,7-12,14H2. The summed E-state index contributed by atoms with van der Waals surface area (Å²) in [6.45, 7) is 4.49. The lowest BCUT2D eigenvalue weighted by atomic mass is 10.1. The Morgan fingerprint density at radius 2 is 2.00 bits per heavy atom. The summed E-state index contributed by atoms with van der Waals surface area (Å²) in [5, 5.41) is 10.4. The van der Waals surface area contributed by atoms with E-state index in [0.29, 0.717) is 24.7 Å². The average Bonchev–Trinajstić information content (AvgIpc) is 3.41. The average molecular weight is 375 g/mol. The van der Waals surface area contributed by atoms with Crippen molar-refractivity contribution in [1.29, 1.82) is 0 Å². The van der Waals surface area contributed by atoms with Crippen LogP contribution in [0.4, 0.5) is 0 Å². The highest BCUT2D eigenvalue weighted by atomic mass is 32.1. The van der Waals surface area contributed by atoms with Crippen LogP contribution in [0.5, 0.6) is 0 Å². The van der Waals surface area contributed by atoms with Crippen molar-refractivity contribution in [3.8, 4) is 0 Å². The number of thiophene rings is 1. The molecule has 2 aromatic heterocycles. The molecule has 0 bridgehead atoms. The predicted molar refractivity (Wildman–Crippen MR) is 100 cm³/mol. The Morgan fingerprint density at radius 3 is 2.73 bits per heavy atom. The van der Waals surface area contributed by atoms with Crippen molar-refractivity contribution in [2.24, 2.45) is 0 Å². The van der Waals surface area contributed by atoms with Gasteiger partial charge in [0.05, 0.1) is 0 Å². The number of aromatic nitrogens is 2. The molecule has 2 aromatic rings. The normalized spacial score (nSPS) is 19.3. The SMILES string of the molecule is O=C(CCc1nnc(C2CCCC2)o1)N1CCN(Cc2cccs2)CC1. The van der Waals surface area contributed by atoms with E-state index in [0.717, 1.165) is 51.5 Å². The van der Waals surface area contributed by atoms with Gasteiger partial charge in [-0.15, -0.1) is 21.5 Å². The minimum Gasteiger partial charge on any atom is -0.425 e. The van der Waals surface area contributed by atoms with E-state index in [1.54, 1.807) is 11.3 Å². The van der Waals surface area contributed by atoms with E-state index in [1.165, 1.54) is 17.7 Å². The molecule has 2 aliphatic rings. The minimum absolute atomic E-state index is 0.196. The maximum absolute atomic E-state index is 12.5. The largest absolute Gasteiger partial charge is 0.425 e. The molecule has 0 radical (unpaired) electrons. The first kappa shape index (κ1) is 17.7. The first-order valence-corrected chi connectivity index (χ1v) is 10.5. The highest BCUT2D eigenvalue weighted by Crippen LogP contribution is 2.33. The first-order valence-electron chi connectivity index (χ1n) is 9.63. The number of hydrogen-bond acceptors (Lipinski definition) is 6. The molecule has 2 fully saturated rings. The van der Waals surface area contributed by atoms with E-state index in [4.69, 9.17) is 4.42 Å². The molecule has 0 spiro atoms. The molecular weight excluding hydrogens is 348 g/mol. The third kappa shape index (κ3) is 4.32. The third-order valence-electron chi connectivity index (χ3n) is 5.42. The molecule has 1 aliphatic carbocycles. The monoisotopic (exact) mass is 374 g/mol. The molecule has 0 aromatic carbocycles. The fourth-order valence-electron chi connectivity index (χ4n) is 3.86. The fraction of sp³-hybridized carbons (Fsp3) is 0.632. The van der Waals surface area contributed by atoms with Crippen LogP contribution >= 0.6 is 11.3 Å². The summed E-state index contributed by atoms with van der Waals surface area (Å²) in [6.07, 6.45) is 5.80. The molecule has 7 heteroatoms. The maximum atomic E-state index is 12.5. The van der Waals surface area contributed by atoms with Gasteiger partial charge in [0.2, 0.25) is 17.7 Å². The van der Waals surface area contributed by atoms with E-state index in [2.05, 4.69) is 32.6 Å². The van der Waals surface area contributed by atoms with Crippen LogP contribution in [-0.4, -0.2) is 52.1 Å². The number of rotatable bonds is 6. The topological polar surface area (TPSA) is 62.5 Å². The molecule has 26 heavy (non-hydrogen) atoms. The highest BCUT2D eigenvalue weighted by molar-refractivity contribution is 7.09. The maximum Gasteiger partial charge on any atom is 0.223 e. The Bertz CT molecular complexity index is 701. The summed E-state index contributed by atoms with van der Waals surface area (Å²) in [6, 6.07) is 4.27. The lowest BCUT2D eigenvalue weighted by Crippen LogP contribution is -2.48. The van der Waals surface area contributed by atoms with Crippen LogP contribution in [0.1, 0.15) is 54.7 Å². The summed E-state index contributed by atoms with van der Waals surface area (Å²) in [5.41, 5.74) is 0. The van der Waals surface area contributed by atoms with Crippen molar-refractivity contribution in [3.63, 3.8) is 0 Å². The number of carbonyl (C=O) groups is 1. The number of hydrogen-bond donors (Lipinski definition) is 0. The molecule has 1 saturated heterocycles. The van der Waals surface area contributed by atoms with Crippen molar-refractivity contribution in [2.45, 2.75) is 51.0 Å². The zero-order valence-corrected chi connectivity index (χ0v) is 15.9. The van der Waals surface area contributed by atoms with E-state index in [1.807, 2.05) is 4.90 Å². The van der Waals surface area contributed by atoms with E-state index < -0.39 is 0 Å². The van der Waals surface area contributed by atoms with Crippen LogP contribution in [0.2, 0.25) is 0 Å². The van der Waals surface area contributed by atoms with Crippen LogP contribution in [0.3, 0.4) is 0 Å². The fourth-order valence-corrected chi connectivity index (χ4v) is 4.60. The Balaban J connectivity index is 1.20. The summed E-state index contributed by atoms with van der Waals surface area (Å²) < 4.78 is 5.78. The predicted octanol–water partition coefficient (Wildman–Crippen LogP) is 3.07. The summed E-state index contributed by atoms with van der Waals surface area (Å²) in [5.74, 6) is 2.01. The third-order valence-corrected chi connectivity index (χ3v) is 6.29. The van der Waals surface area contributed by atoms with Gasteiger partial charge in [0.1, 0.15) is 0 Å². The van der Waals surface area contributed by atoms with Crippen molar-refractivity contribution in [2.75, 3.05) is 26.2 Å². The number of carbonyl (C=O) groups excluding carboxylic acids is 1. The van der Waals surface area contributed by atoms with Gasteiger partial charge in [0, 0.05) is 56.4 Å². The lowest BCUT2D eigenvalue weighted by molar-refractivity contribution is -0.133. The van der Waals surface area contributed by atoms with Gasteiger partial charge in [-0.1, -0.05) is 18.9 Å². The highest BCUT2D eigenvalue weighted by Gasteiger charge is 2.24.